The topological polar surface area (TPSA) is 58.2 Å². The number of aromatic nitrogens is 2. The summed E-state index contributed by atoms with van der Waals surface area (Å²) >= 11 is 0. The summed E-state index contributed by atoms with van der Waals surface area (Å²) in [6.07, 6.45) is 3.41. The van der Waals surface area contributed by atoms with Crippen molar-refractivity contribution in [3.05, 3.63) is 78.8 Å². The summed E-state index contributed by atoms with van der Waals surface area (Å²) in [5.41, 5.74) is 3.95. The number of benzene rings is 3. The van der Waals surface area contributed by atoms with Crippen LogP contribution in [0.2, 0.25) is 0 Å². The monoisotopic (exact) mass is 439 g/mol. The Labute approximate surface area is 194 Å². The molecule has 1 aliphatic rings. The van der Waals surface area contributed by atoms with Crippen molar-refractivity contribution in [2.45, 2.75) is 45.3 Å². The van der Waals surface area contributed by atoms with Crippen molar-refractivity contribution in [2.75, 3.05) is 6.54 Å². The zero-order valence-corrected chi connectivity index (χ0v) is 19.3. The van der Waals surface area contributed by atoms with E-state index in [2.05, 4.69) is 70.6 Å². The van der Waals surface area contributed by atoms with Crippen LogP contribution in [0.15, 0.2) is 72.9 Å². The number of aromatic amines is 1. The molecule has 5 nitrogen and oxygen atoms in total. The van der Waals surface area contributed by atoms with Crippen molar-refractivity contribution >= 4 is 16.9 Å². The number of fused-ring (bicyclic) bond motifs is 1. The molecule has 0 spiro atoms. The van der Waals surface area contributed by atoms with Crippen molar-refractivity contribution in [1.29, 1.82) is 0 Å². The molecule has 1 atom stereocenters. The van der Waals surface area contributed by atoms with Gasteiger partial charge in [0.15, 0.2) is 0 Å². The number of carbonyl (C=O) groups excluding carboxylic acids is 1. The molecule has 1 fully saturated rings. The molecule has 1 saturated heterocycles. The number of rotatable bonds is 3. The minimum Gasteiger partial charge on any atom is -0.444 e. The lowest BCUT2D eigenvalue weighted by Gasteiger charge is -2.27. The maximum atomic E-state index is 12.7. The lowest BCUT2D eigenvalue weighted by atomic mass is 9.99. The van der Waals surface area contributed by atoms with Crippen LogP contribution >= 0.6 is 0 Å². The van der Waals surface area contributed by atoms with E-state index in [0.717, 1.165) is 29.9 Å². The van der Waals surface area contributed by atoms with Gasteiger partial charge in [-0.3, -0.25) is 4.90 Å². The number of hydrogen-bond donors (Lipinski definition) is 1. The minimum atomic E-state index is -0.510. The Balaban J connectivity index is 1.39. The molecule has 0 radical (unpaired) electrons. The normalized spacial score (nSPS) is 16.3. The molecule has 1 N–H and O–H groups in total. The SMILES string of the molecule is CC(C)(C)OC(=O)N1CCCC1c1ncc(-c2ccc3cc(-c4ccccc4)ccc3c2)[nH]1. The molecular weight excluding hydrogens is 410 g/mol. The first kappa shape index (κ1) is 21.3. The van der Waals surface area contributed by atoms with Crippen molar-refractivity contribution in [2.24, 2.45) is 0 Å². The van der Waals surface area contributed by atoms with Crippen molar-refractivity contribution < 1.29 is 9.53 Å². The van der Waals surface area contributed by atoms with E-state index in [-0.39, 0.29) is 12.1 Å². The van der Waals surface area contributed by atoms with Gasteiger partial charge in [0.05, 0.1) is 17.9 Å². The van der Waals surface area contributed by atoms with E-state index in [1.165, 1.54) is 21.9 Å². The highest BCUT2D eigenvalue weighted by Gasteiger charge is 2.34. The molecule has 0 aliphatic carbocycles. The van der Waals surface area contributed by atoms with Crippen LogP contribution < -0.4 is 0 Å². The number of carbonyl (C=O) groups is 1. The summed E-state index contributed by atoms with van der Waals surface area (Å²) in [5.74, 6) is 0.813. The molecule has 33 heavy (non-hydrogen) atoms. The van der Waals surface area contributed by atoms with Gasteiger partial charge in [-0.15, -0.1) is 0 Å². The Morgan fingerprint density at radius 3 is 2.39 bits per heavy atom. The molecule has 1 aromatic heterocycles. The summed E-state index contributed by atoms with van der Waals surface area (Å²) in [4.78, 5) is 22.5. The summed E-state index contributed by atoms with van der Waals surface area (Å²) in [7, 11) is 0. The quantitative estimate of drug-likeness (QED) is 0.375. The van der Waals surface area contributed by atoms with Crippen LogP contribution in [0, 0.1) is 0 Å². The summed E-state index contributed by atoms with van der Waals surface area (Å²) in [6.45, 7) is 6.37. The van der Waals surface area contributed by atoms with E-state index in [4.69, 9.17) is 4.74 Å². The number of imidazole rings is 1. The van der Waals surface area contributed by atoms with Gasteiger partial charge < -0.3 is 9.72 Å². The third-order valence-electron chi connectivity index (χ3n) is 6.05. The molecule has 5 heteroatoms. The van der Waals surface area contributed by atoms with Gasteiger partial charge in [0.25, 0.3) is 0 Å². The van der Waals surface area contributed by atoms with E-state index in [1.54, 1.807) is 4.90 Å². The van der Waals surface area contributed by atoms with Gasteiger partial charge in [-0.1, -0.05) is 54.6 Å². The van der Waals surface area contributed by atoms with Crippen molar-refractivity contribution in [1.82, 2.24) is 14.9 Å². The van der Waals surface area contributed by atoms with Crippen molar-refractivity contribution in [3.8, 4) is 22.4 Å². The van der Waals surface area contributed by atoms with Crippen LogP contribution in [0.5, 0.6) is 0 Å². The smallest absolute Gasteiger partial charge is 0.410 e. The molecule has 1 unspecified atom stereocenters. The number of H-pyrrole nitrogens is 1. The maximum Gasteiger partial charge on any atom is 0.410 e. The first-order valence-corrected chi connectivity index (χ1v) is 11.5. The fourth-order valence-electron chi connectivity index (χ4n) is 4.47. The zero-order chi connectivity index (χ0) is 23.0. The van der Waals surface area contributed by atoms with E-state index in [9.17, 15) is 4.79 Å². The van der Waals surface area contributed by atoms with Crippen molar-refractivity contribution in [3.63, 3.8) is 0 Å². The molecule has 2 heterocycles. The standard InChI is InChI=1S/C28H29N3O2/c1-28(2,3)33-27(32)31-15-7-10-25(31)26-29-18-24(30-26)23-14-13-21-16-20(11-12-22(21)17-23)19-8-5-4-6-9-19/h4-6,8-9,11-14,16-18,25H,7,10,15H2,1-3H3,(H,29,30). The molecule has 5 rings (SSSR count). The van der Waals surface area contributed by atoms with E-state index < -0.39 is 5.60 Å². The summed E-state index contributed by atoms with van der Waals surface area (Å²) < 4.78 is 5.60. The maximum absolute atomic E-state index is 12.7. The zero-order valence-electron chi connectivity index (χ0n) is 19.3. The number of amides is 1. The second-order valence-electron chi connectivity index (χ2n) is 9.66. The molecule has 3 aromatic carbocycles. The minimum absolute atomic E-state index is 0.0810. The lowest BCUT2D eigenvalue weighted by molar-refractivity contribution is 0.0218. The number of ether oxygens (including phenoxy) is 1. The van der Waals surface area contributed by atoms with Crippen LogP contribution in [0.1, 0.15) is 45.5 Å². The first-order chi connectivity index (χ1) is 15.9. The van der Waals surface area contributed by atoms with Gasteiger partial charge in [0.1, 0.15) is 11.4 Å². The number of likely N-dealkylation sites (tertiary alicyclic amines) is 1. The Morgan fingerprint density at radius 2 is 1.67 bits per heavy atom. The highest BCUT2D eigenvalue weighted by atomic mass is 16.6. The summed E-state index contributed by atoms with van der Waals surface area (Å²) in [6, 6.07) is 23.4. The molecular formula is C28H29N3O2. The Morgan fingerprint density at radius 1 is 0.970 bits per heavy atom. The summed E-state index contributed by atoms with van der Waals surface area (Å²) in [5, 5.41) is 2.38. The predicted octanol–water partition coefficient (Wildman–Crippen LogP) is 6.97. The van der Waals surface area contributed by atoms with Gasteiger partial charge in [-0.2, -0.15) is 0 Å². The third kappa shape index (κ3) is 4.49. The molecule has 1 amide bonds. The number of nitrogens with one attached hydrogen (secondary N) is 1. The fourth-order valence-corrected chi connectivity index (χ4v) is 4.47. The van der Waals surface area contributed by atoms with Crippen LogP contribution in [-0.4, -0.2) is 33.1 Å². The molecule has 1 aliphatic heterocycles. The van der Waals surface area contributed by atoms with E-state index in [0.29, 0.717) is 6.54 Å². The van der Waals surface area contributed by atoms with E-state index in [1.807, 2.05) is 33.0 Å². The largest absolute Gasteiger partial charge is 0.444 e. The molecule has 4 aromatic rings. The van der Waals surface area contributed by atoms with Gasteiger partial charge in [-0.25, -0.2) is 9.78 Å². The van der Waals surface area contributed by atoms with Crippen LogP contribution in [-0.2, 0) is 4.74 Å². The Hall–Kier alpha value is -3.60. The Bertz CT molecular complexity index is 1290. The molecule has 0 saturated carbocycles. The first-order valence-electron chi connectivity index (χ1n) is 11.5. The average molecular weight is 440 g/mol. The van der Waals surface area contributed by atoms with E-state index >= 15 is 0 Å². The van der Waals surface area contributed by atoms with Crippen LogP contribution in [0.4, 0.5) is 4.79 Å². The van der Waals surface area contributed by atoms with Gasteiger partial charge in [0.2, 0.25) is 0 Å². The molecule has 168 valence electrons. The Kier molecular flexibility index (Phi) is 5.41. The highest BCUT2D eigenvalue weighted by Crippen LogP contribution is 2.33. The second kappa shape index (κ2) is 8.39. The van der Waals surface area contributed by atoms with Gasteiger partial charge >= 0.3 is 6.09 Å². The highest BCUT2D eigenvalue weighted by molar-refractivity contribution is 5.90. The lowest BCUT2D eigenvalue weighted by Crippen LogP contribution is -2.36. The van der Waals surface area contributed by atoms with Crippen LogP contribution in [0.3, 0.4) is 0 Å². The molecule has 0 bridgehead atoms. The fraction of sp³-hybridized carbons (Fsp3) is 0.286. The predicted molar refractivity (Wildman–Crippen MR) is 132 cm³/mol. The number of hydrogen-bond acceptors (Lipinski definition) is 3. The third-order valence-corrected chi connectivity index (χ3v) is 6.05. The number of nitrogens with zero attached hydrogens (tertiary/aromatic N) is 2. The second-order valence-corrected chi connectivity index (χ2v) is 9.66. The van der Waals surface area contributed by atoms with Gasteiger partial charge in [0, 0.05) is 12.1 Å². The van der Waals surface area contributed by atoms with Gasteiger partial charge in [-0.05, 0) is 67.6 Å². The average Bonchev–Trinajstić information content (AvgIpc) is 3.47. The van der Waals surface area contributed by atoms with Crippen LogP contribution in [0.25, 0.3) is 33.2 Å².